The van der Waals surface area contributed by atoms with E-state index in [1.54, 1.807) is 11.1 Å². The smallest absolute Gasteiger partial charge is 0.0196 e. The number of hydrogen-bond acceptors (Lipinski definition) is 1. The van der Waals surface area contributed by atoms with Gasteiger partial charge in [-0.05, 0) is 37.3 Å². The molecule has 0 aromatic heterocycles. The summed E-state index contributed by atoms with van der Waals surface area (Å²) in [6.45, 7) is 2.47. The van der Waals surface area contributed by atoms with Gasteiger partial charge in [0.15, 0.2) is 0 Å². The van der Waals surface area contributed by atoms with E-state index in [1.165, 1.54) is 25.9 Å². The maximum Gasteiger partial charge on any atom is 0.0196 e. The Hall–Kier alpha value is -0.820. The van der Waals surface area contributed by atoms with Crippen LogP contribution in [0.1, 0.15) is 12.8 Å². The minimum Gasteiger partial charge on any atom is -0.302 e. The molecule has 3 aliphatic rings. The van der Waals surface area contributed by atoms with Gasteiger partial charge in [0, 0.05) is 13.1 Å². The van der Waals surface area contributed by atoms with E-state index in [0.29, 0.717) is 0 Å². The van der Waals surface area contributed by atoms with Gasteiger partial charge in [-0.1, -0.05) is 29.9 Å². The van der Waals surface area contributed by atoms with E-state index in [9.17, 15) is 0 Å². The molecule has 1 fully saturated rings. The van der Waals surface area contributed by atoms with Crippen molar-refractivity contribution < 1.29 is 0 Å². The average molecular weight is 187 g/mol. The van der Waals surface area contributed by atoms with Crippen molar-refractivity contribution >= 4 is 0 Å². The summed E-state index contributed by atoms with van der Waals surface area (Å²) in [7, 11) is 2.23. The van der Waals surface area contributed by atoms with Crippen LogP contribution in [0.25, 0.3) is 0 Å². The molecule has 0 radical (unpaired) electrons. The maximum absolute atomic E-state index is 2.46. The van der Waals surface area contributed by atoms with Gasteiger partial charge in [0.2, 0.25) is 0 Å². The Morgan fingerprint density at radius 1 is 1.36 bits per heavy atom. The Morgan fingerprint density at radius 3 is 3.21 bits per heavy atom. The van der Waals surface area contributed by atoms with Crippen molar-refractivity contribution in [3.8, 4) is 0 Å². The third kappa shape index (κ3) is 1.27. The zero-order valence-corrected chi connectivity index (χ0v) is 8.74. The van der Waals surface area contributed by atoms with Gasteiger partial charge in [0.05, 0.1) is 0 Å². The summed E-state index contributed by atoms with van der Waals surface area (Å²) in [5.74, 6) is 1.67. The third-order valence-corrected chi connectivity index (χ3v) is 3.75. The van der Waals surface area contributed by atoms with Crippen molar-refractivity contribution in [2.45, 2.75) is 12.8 Å². The zero-order chi connectivity index (χ0) is 9.54. The second-order valence-electron chi connectivity index (χ2n) is 4.88. The lowest BCUT2D eigenvalue weighted by Gasteiger charge is -2.28. The first-order valence-corrected chi connectivity index (χ1v) is 5.58. The lowest BCUT2D eigenvalue weighted by atomic mass is 9.76. The summed E-state index contributed by atoms with van der Waals surface area (Å²) in [5, 5.41) is 0. The zero-order valence-electron chi connectivity index (χ0n) is 8.74. The van der Waals surface area contributed by atoms with Gasteiger partial charge >= 0.3 is 0 Å². The number of fused-ring (bicyclic) bond motifs is 2. The fourth-order valence-corrected chi connectivity index (χ4v) is 3.04. The molecule has 2 aliphatic carbocycles. The van der Waals surface area contributed by atoms with Crippen LogP contribution in [0.5, 0.6) is 0 Å². The first kappa shape index (κ1) is 8.49. The molecule has 0 aromatic carbocycles. The second-order valence-corrected chi connectivity index (χ2v) is 4.88. The molecule has 74 valence electrons. The van der Waals surface area contributed by atoms with Crippen molar-refractivity contribution in [3.63, 3.8) is 0 Å². The molecule has 1 saturated heterocycles. The van der Waals surface area contributed by atoms with E-state index < -0.39 is 0 Å². The third-order valence-electron chi connectivity index (χ3n) is 3.75. The molecule has 0 spiro atoms. The van der Waals surface area contributed by atoms with E-state index in [-0.39, 0.29) is 0 Å². The summed E-state index contributed by atoms with van der Waals surface area (Å²) in [5.41, 5.74) is 3.25. The molecular formula is C13H17N. The van der Waals surface area contributed by atoms with Gasteiger partial charge in [-0.2, -0.15) is 0 Å². The topological polar surface area (TPSA) is 3.24 Å². The van der Waals surface area contributed by atoms with Gasteiger partial charge in [-0.3, -0.25) is 0 Å². The normalized spacial score (nSPS) is 36.1. The Morgan fingerprint density at radius 2 is 2.29 bits per heavy atom. The van der Waals surface area contributed by atoms with Gasteiger partial charge in [-0.15, -0.1) is 0 Å². The molecule has 0 saturated carbocycles. The van der Waals surface area contributed by atoms with Crippen LogP contribution in [0.3, 0.4) is 0 Å². The Kier molecular flexibility index (Phi) is 1.88. The molecule has 2 unspecified atom stereocenters. The number of allylic oxidation sites excluding steroid dienone is 5. The van der Waals surface area contributed by atoms with Crippen molar-refractivity contribution in [2.24, 2.45) is 11.8 Å². The maximum atomic E-state index is 2.46. The minimum absolute atomic E-state index is 0.820. The quantitative estimate of drug-likeness (QED) is 0.563. The van der Waals surface area contributed by atoms with E-state index in [0.717, 1.165) is 11.8 Å². The SMILES string of the molecule is CN1CC2=CC3=CC=CCC3CC2C1. The van der Waals surface area contributed by atoms with Crippen molar-refractivity contribution in [2.75, 3.05) is 20.1 Å². The minimum atomic E-state index is 0.820. The van der Waals surface area contributed by atoms with E-state index >= 15 is 0 Å². The van der Waals surface area contributed by atoms with Gasteiger partial charge in [-0.25, -0.2) is 0 Å². The summed E-state index contributed by atoms with van der Waals surface area (Å²) in [4.78, 5) is 2.45. The monoisotopic (exact) mass is 187 g/mol. The lowest BCUT2D eigenvalue weighted by molar-refractivity contribution is 0.367. The molecule has 1 aliphatic heterocycles. The molecule has 3 rings (SSSR count). The number of likely N-dealkylation sites (tertiary alicyclic amines) is 1. The first-order valence-electron chi connectivity index (χ1n) is 5.58. The molecule has 0 aromatic rings. The molecule has 14 heavy (non-hydrogen) atoms. The molecule has 0 amide bonds. The lowest BCUT2D eigenvalue weighted by Crippen LogP contribution is -2.19. The average Bonchev–Trinajstić information content (AvgIpc) is 2.53. The van der Waals surface area contributed by atoms with Crippen molar-refractivity contribution in [3.05, 3.63) is 35.5 Å². The highest BCUT2D eigenvalue weighted by Gasteiger charge is 2.32. The van der Waals surface area contributed by atoms with Crippen LogP contribution < -0.4 is 0 Å². The molecular weight excluding hydrogens is 170 g/mol. The van der Waals surface area contributed by atoms with Crippen LogP contribution >= 0.6 is 0 Å². The van der Waals surface area contributed by atoms with Crippen LogP contribution in [-0.2, 0) is 0 Å². The molecule has 0 bridgehead atoms. The first-order chi connectivity index (χ1) is 6.83. The number of nitrogens with zero attached hydrogens (tertiary/aromatic N) is 1. The summed E-state index contributed by atoms with van der Waals surface area (Å²) in [6, 6.07) is 0. The standard InChI is InChI=1S/C13H17N/c1-14-8-12-6-10-4-2-3-5-11(10)7-13(12)9-14/h2-4,6,11,13H,5,7-9H2,1H3. The van der Waals surface area contributed by atoms with E-state index in [2.05, 4.69) is 36.3 Å². The highest BCUT2D eigenvalue weighted by atomic mass is 15.1. The predicted molar refractivity (Wildman–Crippen MR) is 59.0 cm³/mol. The van der Waals surface area contributed by atoms with Gasteiger partial charge < -0.3 is 4.90 Å². The number of hydrogen-bond donors (Lipinski definition) is 0. The van der Waals surface area contributed by atoms with E-state index in [1.807, 2.05) is 0 Å². The van der Waals surface area contributed by atoms with Crippen LogP contribution in [0, 0.1) is 11.8 Å². The van der Waals surface area contributed by atoms with Crippen LogP contribution in [-0.4, -0.2) is 25.0 Å². The number of likely N-dealkylation sites (N-methyl/N-ethyl adjacent to an activating group) is 1. The largest absolute Gasteiger partial charge is 0.302 e. The van der Waals surface area contributed by atoms with Crippen LogP contribution in [0.2, 0.25) is 0 Å². The highest BCUT2D eigenvalue weighted by molar-refractivity contribution is 5.38. The predicted octanol–water partition coefficient (Wildman–Crippen LogP) is 2.38. The highest BCUT2D eigenvalue weighted by Crippen LogP contribution is 2.39. The molecule has 0 N–H and O–H groups in total. The molecule has 1 heterocycles. The second kappa shape index (κ2) is 3.09. The van der Waals surface area contributed by atoms with Crippen molar-refractivity contribution in [1.29, 1.82) is 0 Å². The molecule has 1 heteroatoms. The Bertz CT molecular complexity index is 335. The van der Waals surface area contributed by atoms with Crippen molar-refractivity contribution in [1.82, 2.24) is 4.90 Å². The van der Waals surface area contributed by atoms with E-state index in [4.69, 9.17) is 0 Å². The van der Waals surface area contributed by atoms with Crippen LogP contribution in [0.4, 0.5) is 0 Å². The Labute approximate surface area is 85.8 Å². The summed E-state index contributed by atoms with van der Waals surface area (Å²) >= 11 is 0. The summed E-state index contributed by atoms with van der Waals surface area (Å²) in [6.07, 6.45) is 11.9. The fraction of sp³-hybridized carbons (Fsp3) is 0.538. The fourth-order valence-electron chi connectivity index (χ4n) is 3.04. The summed E-state index contributed by atoms with van der Waals surface area (Å²) < 4.78 is 0. The van der Waals surface area contributed by atoms with Crippen LogP contribution in [0.15, 0.2) is 35.5 Å². The number of rotatable bonds is 0. The van der Waals surface area contributed by atoms with Gasteiger partial charge in [0.1, 0.15) is 0 Å². The molecule has 1 nitrogen and oxygen atoms in total. The van der Waals surface area contributed by atoms with Gasteiger partial charge in [0.25, 0.3) is 0 Å². The molecule has 2 atom stereocenters. The Balaban J connectivity index is 1.93.